The molecule has 1 aromatic rings. The highest BCUT2D eigenvalue weighted by molar-refractivity contribution is 5.47. The van der Waals surface area contributed by atoms with Crippen molar-refractivity contribution in [3.63, 3.8) is 0 Å². The average Bonchev–Trinajstić information content (AvgIpc) is 2.37. The molecular formula is C15H27N3. The van der Waals surface area contributed by atoms with Gasteiger partial charge in [0.2, 0.25) is 0 Å². The van der Waals surface area contributed by atoms with Crippen molar-refractivity contribution in [2.75, 3.05) is 18.0 Å². The molecule has 1 unspecified atom stereocenters. The second-order valence-corrected chi connectivity index (χ2v) is 4.91. The van der Waals surface area contributed by atoms with Gasteiger partial charge in [-0.25, -0.2) is 4.98 Å². The topological polar surface area (TPSA) is 42.2 Å². The quantitative estimate of drug-likeness (QED) is 0.805. The Labute approximate surface area is 111 Å². The zero-order chi connectivity index (χ0) is 13.5. The molecule has 0 bridgehead atoms. The molecule has 0 spiro atoms. The molecule has 1 atom stereocenters. The van der Waals surface area contributed by atoms with Gasteiger partial charge >= 0.3 is 0 Å². The van der Waals surface area contributed by atoms with Gasteiger partial charge in [-0.3, -0.25) is 0 Å². The van der Waals surface area contributed by atoms with E-state index in [9.17, 15) is 0 Å². The normalized spacial score (nSPS) is 12.5. The van der Waals surface area contributed by atoms with Crippen LogP contribution in [0.1, 0.15) is 57.2 Å². The predicted molar refractivity (Wildman–Crippen MR) is 79.0 cm³/mol. The Morgan fingerprint density at radius 2 is 1.83 bits per heavy atom. The minimum atomic E-state index is 0.107. The summed E-state index contributed by atoms with van der Waals surface area (Å²) in [6.07, 6.45) is 5.19. The minimum Gasteiger partial charge on any atom is -0.356 e. The summed E-state index contributed by atoms with van der Waals surface area (Å²) in [5.41, 5.74) is 8.43. The third-order valence-electron chi connectivity index (χ3n) is 3.23. The summed E-state index contributed by atoms with van der Waals surface area (Å²) >= 11 is 0. The first-order chi connectivity index (χ1) is 8.63. The van der Waals surface area contributed by atoms with Gasteiger partial charge in [0.1, 0.15) is 5.82 Å². The largest absolute Gasteiger partial charge is 0.356 e. The van der Waals surface area contributed by atoms with Gasteiger partial charge in [0.15, 0.2) is 0 Å². The first-order valence-electron chi connectivity index (χ1n) is 7.11. The molecule has 1 aromatic heterocycles. The SMILES string of the molecule is CCCN(CCC)c1ncc(C(N)CC)cc1C. The lowest BCUT2D eigenvalue weighted by Gasteiger charge is -2.25. The van der Waals surface area contributed by atoms with E-state index in [2.05, 4.69) is 43.6 Å². The Morgan fingerprint density at radius 3 is 2.28 bits per heavy atom. The molecule has 2 N–H and O–H groups in total. The fourth-order valence-corrected chi connectivity index (χ4v) is 2.22. The summed E-state index contributed by atoms with van der Waals surface area (Å²) in [5.74, 6) is 1.12. The lowest BCUT2D eigenvalue weighted by molar-refractivity contribution is 0.689. The van der Waals surface area contributed by atoms with E-state index in [-0.39, 0.29) is 6.04 Å². The number of anilines is 1. The van der Waals surface area contributed by atoms with Crippen LogP contribution in [0.25, 0.3) is 0 Å². The minimum absolute atomic E-state index is 0.107. The molecule has 0 saturated heterocycles. The summed E-state index contributed by atoms with van der Waals surface area (Å²) < 4.78 is 0. The fourth-order valence-electron chi connectivity index (χ4n) is 2.22. The highest BCUT2D eigenvalue weighted by atomic mass is 15.2. The van der Waals surface area contributed by atoms with E-state index in [1.807, 2.05) is 6.20 Å². The van der Waals surface area contributed by atoms with Gasteiger partial charge in [-0.15, -0.1) is 0 Å². The van der Waals surface area contributed by atoms with E-state index in [0.717, 1.165) is 43.7 Å². The van der Waals surface area contributed by atoms with E-state index in [0.29, 0.717) is 0 Å². The molecular weight excluding hydrogens is 222 g/mol. The molecule has 102 valence electrons. The van der Waals surface area contributed by atoms with Crippen LogP contribution in [0.3, 0.4) is 0 Å². The van der Waals surface area contributed by atoms with Crippen LogP contribution < -0.4 is 10.6 Å². The predicted octanol–water partition coefficient (Wildman–Crippen LogP) is 3.43. The third kappa shape index (κ3) is 3.70. The van der Waals surface area contributed by atoms with Crippen molar-refractivity contribution >= 4 is 5.82 Å². The van der Waals surface area contributed by atoms with Crippen LogP contribution in [-0.2, 0) is 0 Å². The number of aromatic nitrogens is 1. The van der Waals surface area contributed by atoms with E-state index >= 15 is 0 Å². The van der Waals surface area contributed by atoms with Gasteiger partial charge in [-0.2, -0.15) is 0 Å². The van der Waals surface area contributed by atoms with E-state index in [1.54, 1.807) is 0 Å². The van der Waals surface area contributed by atoms with E-state index in [1.165, 1.54) is 5.56 Å². The summed E-state index contributed by atoms with van der Waals surface area (Å²) in [4.78, 5) is 7.00. The number of nitrogens with two attached hydrogens (primary N) is 1. The van der Waals surface area contributed by atoms with Gasteiger partial charge in [0, 0.05) is 25.3 Å². The summed E-state index contributed by atoms with van der Waals surface area (Å²) in [6.45, 7) is 10.8. The Hall–Kier alpha value is -1.09. The van der Waals surface area contributed by atoms with Crippen LogP contribution in [0.4, 0.5) is 5.82 Å². The standard InChI is InChI=1S/C15H27N3/c1-5-8-18(9-6-2)15-12(4)10-13(11-17-15)14(16)7-3/h10-11,14H,5-9,16H2,1-4H3. The number of aryl methyl sites for hydroxylation is 1. The number of rotatable bonds is 7. The van der Waals surface area contributed by atoms with Gasteiger partial charge in [0.25, 0.3) is 0 Å². The second-order valence-electron chi connectivity index (χ2n) is 4.91. The first kappa shape index (κ1) is 15.0. The molecule has 0 amide bonds. The van der Waals surface area contributed by atoms with Gasteiger partial charge in [-0.05, 0) is 43.4 Å². The molecule has 18 heavy (non-hydrogen) atoms. The maximum Gasteiger partial charge on any atom is 0.131 e. The lowest BCUT2D eigenvalue weighted by atomic mass is 10.1. The molecule has 0 aliphatic heterocycles. The molecule has 3 heteroatoms. The van der Waals surface area contributed by atoms with Crippen molar-refractivity contribution in [3.8, 4) is 0 Å². The molecule has 0 fully saturated rings. The molecule has 1 heterocycles. The van der Waals surface area contributed by atoms with Crippen molar-refractivity contribution in [1.29, 1.82) is 0 Å². The Bertz CT molecular complexity index is 357. The van der Waals surface area contributed by atoms with Crippen molar-refractivity contribution in [2.45, 2.75) is 53.0 Å². The molecule has 0 aliphatic carbocycles. The second kappa shape index (κ2) is 7.37. The molecule has 3 nitrogen and oxygen atoms in total. The van der Waals surface area contributed by atoms with Crippen molar-refractivity contribution in [1.82, 2.24) is 4.98 Å². The number of pyridine rings is 1. The first-order valence-corrected chi connectivity index (χ1v) is 7.11. The van der Waals surface area contributed by atoms with Gasteiger partial charge < -0.3 is 10.6 Å². The Morgan fingerprint density at radius 1 is 1.22 bits per heavy atom. The van der Waals surface area contributed by atoms with Crippen molar-refractivity contribution < 1.29 is 0 Å². The van der Waals surface area contributed by atoms with Crippen LogP contribution in [0.15, 0.2) is 12.3 Å². The van der Waals surface area contributed by atoms with Gasteiger partial charge in [0.05, 0.1) is 0 Å². The Kier molecular flexibility index (Phi) is 6.13. The number of hydrogen-bond acceptors (Lipinski definition) is 3. The molecule has 0 radical (unpaired) electrons. The van der Waals surface area contributed by atoms with Crippen LogP contribution in [0.2, 0.25) is 0 Å². The maximum atomic E-state index is 6.05. The maximum absolute atomic E-state index is 6.05. The van der Waals surface area contributed by atoms with Gasteiger partial charge in [-0.1, -0.05) is 20.8 Å². The fraction of sp³-hybridized carbons (Fsp3) is 0.667. The van der Waals surface area contributed by atoms with E-state index in [4.69, 9.17) is 5.73 Å². The molecule has 0 aromatic carbocycles. The highest BCUT2D eigenvalue weighted by Crippen LogP contribution is 2.22. The van der Waals surface area contributed by atoms with Crippen LogP contribution in [-0.4, -0.2) is 18.1 Å². The summed E-state index contributed by atoms with van der Waals surface area (Å²) in [5, 5.41) is 0. The monoisotopic (exact) mass is 249 g/mol. The average molecular weight is 249 g/mol. The lowest BCUT2D eigenvalue weighted by Crippen LogP contribution is -2.27. The summed E-state index contributed by atoms with van der Waals surface area (Å²) in [7, 11) is 0. The van der Waals surface area contributed by atoms with Crippen molar-refractivity contribution in [2.24, 2.45) is 5.73 Å². The van der Waals surface area contributed by atoms with Crippen LogP contribution >= 0.6 is 0 Å². The number of nitrogens with zero attached hydrogens (tertiary/aromatic N) is 2. The van der Waals surface area contributed by atoms with Crippen LogP contribution in [0.5, 0.6) is 0 Å². The smallest absolute Gasteiger partial charge is 0.131 e. The van der Waals surface area contributed by atoms with E-state index < -0.39 is 0 Å². The third-order valence-corrected chi connectivity index (χ3v) is 3.23. The number of hydrogen-bond donors (Lipinski definition) is 1. The molecule has 0 saturated carbocycles. The van der Waals surface area contributed by atoms with Crippen molar-refractivity contribution in [3.05, 3.63) is 23.4 Å². The molecule has 1 rings (SSSR count). The highest BCUT2D eigenvalue weighted by Gasteiger charge is 2.11. The zero-order valence-corrected chi connectivity index (χ0v) is 12.2. The Balaban J connectivity index is 2.95. The molecule has 0 aliphatic rings. The summed E-state index contributed by atoms with van der Waals surface area (Å²) in [6, 6.07) is 2.30. The van der Waals surface area contributed by atoms with Crippen LogP contribution in [0, 0.1) is 6.92 Å². The zero-order valence-electron chi connectivity index (χ0n) is 12.2.